The van der Waals surface area contributed by atoms with Crippen molar-refractivity contribution in [2.75, 3.05) is 17.7 Å². The second kappa shape index (κ2) is 10.3. The number of amides is 2. The average Bonchev–Trinajstić information content (AvgIpc) is 2.76. The summed E-state index contributed by atoms with van der Waals surface area (Å²) in [6.45, 7) is 1.87. The number of anilines is 2. The van der Waals surface area contributed by atoms with Gasteiger partial charge in [-0.3, -0.25) is 9.59 Å². The van der Waals surface area contributed by atoms with E-state index in [9.17, 15) is 9.59 Å². The van der Waals surface area contributed by atoms with E-state index in [0.29, 0.717) is 11.4 Å². The standard InChI is InChI=1S/C23H28N2O3S/c1-16(22(26)25-20-10-6-7-11-21(20)28-2)29-19-14-12-18(13-15-19)24-23(27)17-8-4-3-5-9-17/h6-7,10-17H,3-5,8-9H2,1-2H3,(H,24,27)(H,25,26). The number of rotatable bonds is 7. The zero-order valence-electron chi connectivity index (χ0n) is 16.9. The summed E-state index contributed by atoms with van der Waals surface area (Å²) in [7, 11) is 1.58. The van der Waals surface area contributed by atoms with E-state index < -0.39 is 0 Å². The molecule has 0 bridgehead atoms. The third-order valence-electron chi connectivity index (χ3n) is 5.14. The van der Waals surface area contributed by atoms with E-state index in [1.165, 1.54) is 18.2 Å². The summed E-state index contributed by atoms with van der Waals surface area (Å²) in [6, 6.07) is 15.0. The molecule has 1 unspecified atom stereocenters. The Morgan fingerprint density at radius 1 is 1.00 bits per heavy atom. The molecule has 2 aromatic carbocycles. The second-order valence-electron chi connectivity index (χ2n) is 7.30. The molecular weight excluding hydrogens is 384 g/mol. The number of nitrogens with one attached hydrogen (secondary N) is 2. The molecule has 1 aliphatic carbocycles. The summed E-state index contributed by atoms with van der Waals surface area (Å²) in [5, 5.41) is 5.66. The fourth-order valence-electron chi connectivity index (χ4n) is 3.47. The Balaban J connectivity index is 1.53. The van der Waals surface area contributed by atoms with Gasteiger partial charge in [-0.1, -0.05) is 31.4 Å². The first-order valence-electron chi connectivity index (χ1n) is 10.1. The number of para-hydroxylation sites is 2. The molecular formula is C23H28N2O3S. The number of thioether (sulfide) groups is 1. The first-order chi connectivity index (χ1) is 14.1. The average molecular weight is 413 g/mol. The van der Waals surface area contributed by atoms with Crippen LogP contribution in [0, 0.1) is 5.92 Å². The Morgan fingerprint density at radius 2 is 1.69 bits per heavy atom. The lowest BCUT2D eigenvalue weighted by molar-refractivity contribution is -0.120. The van der Waals surface area contributed by atoms with E-state index >= 15 is 0 Å². The van der Waals surface area contributed by atoms with E-state index in [1.807, 2.05) is 55.5 Å². The number of carbonyl (C=O) groups is 2. The number of carbonyl (C=O) groups excluding carboxylic acids is 2. The highest BCUT2D eigenvalue weighted by Crippen LogP contribution is 2.29. The first-order valence-corrected chi connectivity index (χ1v) is 11.0. The predicted molar refractivity (Wildman–Crippen MR) is 119 cm³/mol. The molecule has 5 nitrogen and oxygen atoms in total. The van der Waals surface area contributed by atoms with Gasteiger partial charge in [0.25, 0.3) is 0 Å². The van der Waals surface area contributed by atoms with Crippen LogP contribution in [0.2, 0.25) is 0 Å². The Morgan fingerprint density at radius 3 is 2.38 bits per heavy atom. The van der Waals surface area contributed by atoms with Crippen LogP contribution in [0.5, 0.6) is 5.75 Å². The molecule has 29 heavy (non-hydrogen) atoms. The topological polar surface area (TPSA) is 67.4 Å². The number of methoxy groups -OCH3 is 1. The quantitative estimate of drug-likeness (QED) is 0.603. The van der Waals surface area contributed by atoms with Gasteiger partial charge in [-0.15, -0.1) is 11.8 Å². The molecule has 6 heteroatoms. The highest BCUT2D eigenvalue weighted by Gasteiger charge is 2.21. The third-order valence-corrected chi connectivity index (χ3v) is 6.26. The van der Waals surface area contributed by atoms with Gasteiger partial charge in [0, 0.05) is 16.5 Å². The summed E-state index contributed by atoms with van der Waals surface area (Å²) in [4.78, 5) is 25.9. The molecule has 0 saturated heterocycles. The third kappa shape index (κ3) is 6.00. The number of benzene rings is 2. The van der Waals surface area contributed by atoms with Gasteiger partial charge in [0.2, 0.25) is 11.8 Å². The summed E-state index contributed by atoms with van der Waals surface area (Å²) >= 11 is 1.47. The largest absolute Gasteiger partial charge is 0.495 e. The fraction of sp³-hybridized carbons (Fsp3) is 0.391. The van der Waals surface area contributed by atoms with E-state index in [4.69, 9.17) is 4.74 Å². The maximum absolute atomic E-state index is 12.5. The van der Waals surface area contributed by atoms with E-state index in [2.05, 4.69) is 10.6 Å². The molecule has 1 fully saturated rings. The van der Waals surface area contributed by atoms with Crippen LogP contribution in [0.3, 0.4) is 0 Å². The van der Waals surface area contributed by atoms with Crippen molar-refractivity contribution in [2.24, 2.45) is 5.92 Å². The number of ether oxygens (including phenoxy) is 1. The monoisotopic (exact) mass is 412 g/mol. The molecule has 2 amide bonds. The lowest BCUT2D eigenvalue weighted by atomic mass is 9.88. The van der Waals surface area contributed by atoms with Crippen LogP contribution >= 0.6 is 11.8 Å². The lowest BCUT2D eigenvalue weighted by Gasteiger charge is -2.20. The SMILES string of the molecule is COc1ccccc1NC(=O)C(C)Sc1ccc(NC(=O)C2CCCCC2)cc1. The first kappa shape index (κ1) is 21.2. The van der Waals surface area contributed by atoms with Gasteiger partial charge in [-0.05, 0) is 56.2 Å². The Bertz CT molecular complexity index is 832. The molecule has 0 heterocycles. The molecule has 2 aromatic rings. The maximum atomic E-state index is 12.5. The normalized spacial score (nSPS) is 15.4. The molecule has 154 valence electrons. The molecule has 1 saturated carbocycles. The van der Waals surface area contributed by atoms with Crippen LogP contribution in [0.25, 0.3) is 0 Å². The molecule has 1 aliphatic rings. The lowest BCUT2D eigenvalue weighted by Crippen LogP contribution is -2.24. The van der Waals surface area contributed by atoms with Crippen molar-refractivity contribution in [3.05, 3.63) is 48.5 Å². The van der Waals surface area contributed by atoms with Crippen molar-refractivity contribution >= 4 is 35.0 Å². The van der Waals surface area contributed by atoms with Crippen molar-refractivity contribution in [3.63, 3.8) is 0 Å². The van der Waals surface area contributed by atoms with Crippen LogP contribution in [-0.2, 0) is 9.59 Å². The Hall–Kier alpha value is -2.47. The van der Waals surface area contributed by atoms with E-state index in [0.717, 1.165) is 36.3 Å². The van der Waals surface area contributed by atoms with Crippen molar-refractivity contribution in [1.82, 2.24) is 0 Å². The zero-order chi connectivity index (χ0) is 20.6. The van der Waals surface area contributed by atoms with Gasteiger partial charge in [-0.2, -0.15) is 0 Å². The summed E-state index contributed by atoms with van der Waals surface area (Å²) in [5.74, 6) is 0.802. The number of hydrogen-bond acceptors (Lipinski definition) is 4. The van der Waals surface area contributed by atoms with Crippen LogP contribution in [0.15, 0.2) is 53.4 Å². The highest BCUT2D eigenvalue weighted by atomic mass is 32.2. The van der Waals surface area contributed by atoms with Gasteiger partial charge in [-0.25, -0.2) is 0 Å². The van der Waals surface area contributed by atoms with E-state index in [1.54, 1.807) is 7.11 Å². The van der Waals surface area contributed by atoms with Crippen molar-refractivity contribution in [2.45, 2.75) is 49.2 Å². The minimum Gasteiger partial charge on any atom is -0.495 e. The van der Waals surface area contributed by atoms with E-state index in [-0.39, 0.29) is 23.0 Å². The summed E-state index contributed by atoms with van der Waals surface area (Å²) in [6.07, 6.45) is 5.49. The molecule has 3 rings (SSSR count). The molecule has 0 radical (unpaired) electrons. The fourth-order valence-corrected chi connectivity index (χ4v) is 4.33. The Labute approximate surface area is 176 Å². The van der Waals surface area contributed by atoms with Crippen LogP contribution in [0.4, 0.5) is 11.4 Å². The van der Waals surface area contributed by atoms with Crippen LogP contribution in [-0.4, -0.2) is 24.2 Å². The minimum atomic E-state index is -0.275. The minimum absolute atomic E-state index is 0.0887. The highest BCUT2D eigenvalue weighted by molar-refractivity contribution is 8.00. The van der Waals surface area contributed by atoms with Gasteiger partial charge in [0.1, 0.15) is 5.75 Å². The molecule has 1 atom stereocenters. The summed E-state index contributed by atoms with van der Waals surface area (Å²) < 4.78 is 5.28. The predicted octanol–water partition coefficient (Wildman–Crippen LogP) is 5.33. The van der Waals surface area contributed by atoms with Crippen LogP contribution < -0.4 is 15.4 Å². The smallest absolute Gasteiger partial charge is 0.237 e. The molecule has 0 spiro atoms. The van der Waals surface area contributed by atoms with Crippen molar-refractivity contribution < 1.29 is 14.3 Å². The second-order valence-corrected chi connectivity index (χ2v) is 8.71. The van der Waals surface area contributed by atoms with Crippen molar-refractivity contribution in [3.8, 4) is 5.75 Å². The number of hydrogen-bond donors (Lipinski definition) is 2. The Kier molecular flexibility index (Phi) is 7.58. The summed E-state index contributed by atoms with van der Waals surface area (Å²) in [5.41, 5.74) is 1.46. The van der Waals surface area contributed by atoms with Crippen molar-refractivity contribution in [1.29, 1.82) is 0 Å². The van der Waals surface area contributed by atoms with Gasteiger partial charge in [0.05, 0.1) is 18.0 Å². The van der Waals surface area contributed by atoms with Gasteiger partial charge >= 0.3 is 0 Å². The van der Waals surface area contributed by atoms with Crippen LogP contribution in [0.1, 0.15) is 39.0 Å². The zero-order valence-corrected chi connectivity index (χ0v) is 17.8. The molecule has 0 aromatic heterocycles. The molecule has 2 N–H and O–H groups in total. The van der Waals surface area contributed by atoms with Gasteiger partial charge in [0.15, 0.2) is 0 Å². The molecule has 0 aliphatic heterocycles. The van der Waals surface area contributed by atoms with Gasteiger partial charge < -0.3 is 15.4 Å². The maximum Gasteiger partial charge on any atom is 0.237 e.